The first kappa shape index (κ1) is 33.2. The molecule has 1 heterocycles. The molecule has 0 amide bonds. The third-order valence-corrected chi connectivity index (χ3v) is 8.51. The lowest BCUT2D eigenvalue weighted by molar-refractivity contribution is -0.139. The van der Waals surface area contributed by atoms with Crippen LogP contribution in [0.1, 0.15) is 39.4 Å². The molecular weight excluding hydrogens is 644 g/mol. The van der Waals surface area contributed by atoms with E-state index in [0.29, 0.717) is 46.4 Å². The first-order valence-electron chi connectivity index (χ1n) is 15.6. The molecule has 0 fully saturated rings. The smallest absolute Gasteiger partial charge is 0.325 e. The third-order valence-electron chi connectivity index (χ3n) is 8.22. The molecule has 6 rings (SSSR count). The van der Waals surface area contributed by atoms with Crippen LogP contribution in [-0.4, -0.2) is 29.4 Å². The molecule has 0 saturated carbocycles. The van der Waals surface area contributed by atoms with Gasteiger partial charge in [-0.25, -0.2) is 0 Å². The van der Waals surface area contributed by atoms with Crippen molar-refractivity contribution in [3.05, 3.63) is 135 Å². The quantitative estimate of drug-likeness (QED) is 0.121. The van der Waals surface area contributed by atoms with E-state index in [-0.39, 0.29) is 25.5 Å². The van der Waals surface area contributed by atoms with Crippen molar-refractivity contribution in [2.75, 3.05) is 13.2 Å². The lowest BCUT2D eigenvalue weighted by Gasteiger charge is -2.20. The van der Waals surface area contributed by atoms with Crippen LogP contribution in [0.4, 0.5) is 0 Å². The number of nitrogens with one attached hydrogen (secondary N) is 1. The van der Waals surface area contributed by atoms with Gasteiger partial charge in [-0.2, -0.15) is 5.26 Å². The number of aromatic hydroxyl groups is 1. The summed E-state index contributed by atoms with van der Waals surface area (Å²) in [6.45, 7) is 3.56. The summed E-state index contributed by atoms with van der Waals surface area (Å²) in [6, 6.07) is 29.5. The van der Waals surface area contributed by atoms with Gasteiger partial charge in [0.05, 0.1) is 16.7 Å². The molecule has 0 bridgehead atoms. The molecule has 1 aliphatic rings. The summed E-state index contributed by atoms with van der Waals surface area (Å²) in [7, 11) is 0. The van der Waals surface area contributed by atoms with Gasteiger partial charge in [0.15, 0.2) is 11.5 Å². The van der Waals surface area contributed by atoms with Crippen LogP contribution in [0.15, 0.2) is 97.1 Å². The van der Waals surface area contributed by atoms with Gasteiger partial charge in [0.1, 0.15) is 49.7 Å². The molecule has 5 aromatic carbocycles. The molecule has 0 radical (unpaired) electrons. The summed E-state index contributed by atoms with van der Waals surface area (Å²) >= 11 is 6.76. The highest BCUT2D eigenvalue weighted by molar-refractivity contribution is 6.32. The van der Waals surface area contributed by atoms with Crippen molar-refractivity contribution in [3.63, 3.8) is 0 Å². The molecule has 9 nitrogen and oxygen atoms in total. The second-order valence-electron chi connectivity index (χ2n) is 11.5. The highest BCUT2D eigenvalue weighted by atomic mass is 35.5. The van der Waals surface area contributed by atoms with Crippen molar-refractivity contribution < 1.29 is 34.0 Å². The fraction of sp³-hybridized carbons (Fsp3) is 0.179. The molecule has 0 aromatic heterocycles. The number of carboxylic acid groups (broad SMARTS) is 1. The topological polar surface area (TPSA) is 130 Å². The van der Waals surface area contributed by atoms with Crippen LogP contribution >= 0.6 is 11.6 Å². The Hall–Kier alpha value is -5.69. The molecule has 5 aromatic rings. The first-order valence-corrected chi connectivity index (χ1v) is 16.0. The van der Waals surface area contributed by atoms with Gasteiger partial charge in [-0.3, -0.25) is 10.1 Å². The maximum Gasteiger partial charge on any atom is 0.325 e. The van der Waals surface area contributed by atoms with Crippen molar-refractivity contribution in [1.82, 2.24) is 5.32 Å². The van der Waals surface area contributed by atoms with E-state index in [0.717, 1.165) is 39.3 Å². The number of fused-ring (bicyclic) bond motifs is 1. The standard InChI is InChI=1S/C39H33ClN2O7/c1-24-29(6-3-7-32(24)28-10-13-34-37(18-28)47-15-14-46-34)23-49-36-19-35(48-22-26-5-2-4-25(16-26)20-41)30(17-33(36)40)21-42-38(39(44)45)27-8-11-31(43)12-9-27/h2-13,16-19,38,42-43H,14-15,21-23H2,1H3,(H,44,45)/t38-/m1/s1. The largest absolute Gasteiger partial charge is 0.508 e. The highest BCUT2D eigenvalue weighted by Gasteiger charge is 2.21. The Morgan fingerprint density at radius 2 is 1.65 bits per heavy atom. The molecule has 3 N–H and O–H groups in total. The number of nitriles is 1. The number of carboxylic acids is 1. The van der Waals surface area contributed by atoms with Crippen LogP contribution in [0.5, 0.6) is 28.7 Å². The molecule has 49 heavy (non-hydrogen) atoms. The zero-order chi connectivity index (χ0) is 34.3. The lowest BCUT2D eigenvalue weighted by Crippen LogP contribution is -2.28. The van der Waals surface area contributed by atoms with E-state index in [9.17, 15) is 20.3 Å². The molecule has 0 aliphatic carbocycles. The van der Waals surface area contributed by atoms with Gasteiger partial charge in [0.2, 0.25) is 0 Å². The minimum absolute atomic E-state index is 0.0386. The van der Waals surface area contributed by atoms with E-state index in [2.05, 4.69) is 17.5 Å². The second-order valence-corrected chi connectivity index (χ2v) is 11.9. The van der Waals surface area contributed by atoms with Crippen LogP contribution in [0.25, 0.3) is 11.1 Å². The van der Waals surface area contributed by atoms with Crippen LogP contribution in [0, 0.1) is 18.3 Å². The van der Waals surface area contributed by atoms with Gasteiger partial charge in [0, 0.05) is 18.2 Å². The Balaban J connectivity index is 1.25. The van der Waals surface area contributed by atoms with E-state index < -0.39 is 12.0 Å². The predicted octanol–water partition coefficient (Wildman–Crippen LogP) is 7.74. The molecule has 1 atom stereocenters. The fourth-order valence-electron chi connectivity index (χ4n) is 5.60. The van der Waals surface area contributed by atoms with E-state index in [4.69, 9.17) is 30.5 Å². The van der Waals surface area contributed by atoms with Gasteiger partial charge >= 0.3 is 5.97 Å². The molecule has 10 heteroatoms. The Labute approximate surface area is 288 Å². The number of nitrogens with zero attached hydrogens (tertiary/aromatic N) is 1. The summed E-state index contributed by atoms with van der Waals surface area (Å²) in [5.74, 6) is 1.23. The van der Waals surface area contributed by atoms with Crippen molar-refractivity contribution in [1.29, 1.82) is 5.26 Å². The minimum atomic E-state index is -1.08. The SMILES string of the molecule is Cc1c(COc2cc(OCc3cccc(C#N)c3)c(CN[C@@H](C(=O)O)c3ccc(O)cc3)cc2Cl)cccc1-c1ccc2c(c1)OCCO2. The number of benzene rings is 5. The summed E-state index contributed by atoms with van der Waals surface area (Å²) in [6.07, 6.45) is 0. The number of carbonyl (C=O) groups is 1. The monoisotopic (exact) mass is 676 g/mol. The Morgan fingerprint density at radius 1 is 0.898 bits per heavy atom. The number of hydrogen-bond donors (Lipinski definition) is 3. The van der Waals surface area contributed by atoms with Crippen molar-refractivity contribution >= 4 is 17.6 Å². The van der Waals surface area contributed by atoms with Crippen LogP contribution in [0.2, 0.25) is 5.02 Å². The molecule has 0 spiro atoms. The summed E-state index contributed by atoms with van der Waals surface area (Å²) in [5.41, 5.74) is 6.42. The molecule has 248 valence electrons. The number of ether oxygens (including phenoxy) is 4. The number of phenolic OH excluding ortho intramolecular Hbond substituents is 1. The zero-order valence-electron chi connectivity index (χ0n) is 26.6. The van der Waals surface area contributed by atoms with Crippen molar-refractivity contribution in [2.24, 2.45) is 0 Å². The average Bonchev–Trinajstić information content (AvgIpc) is 3.11. The average molecular weight is 677 g/mol. The predicted molar refractivity (Wildman–Crippen MR) is 184 cm³/mol. The van der Waals surface area contributed by atoms with Crippen molar-refractivity contribution in [2.45, 2.75) is 32.7 Å². The maximum absolute atomic E-state index is 12.2. The third kappa shape index (κ3) is 7.90. The van der Waals surface area contributed by atoms with Crippen LogP contribution in [0.3, 0.4) is 0 Å². The van der Waals surface area contributed by atoms with Crippen molar-refractivity contribution in [3.8, 4) is 45.9 Å². The van der Waals surface area contributed by atoms with Gasteiger partial charge in [-0.1, -0.05) is 60.1 Å². The van der Waals surface area contributed by atoms with Crippen LogP contribution in [-0.2, 0) is 24.6 Å². The number of hydrogen-bond acceptors (Lipinski definition) is 8. The van der Waals surface area contributed by atoms with E-state index in [1.807, 2.05) is 43.3 Å². The normalized spacial score (nSPS) is 12.5. The molecule has 0 unspecified atom stereocenters. The van der Waals surface area contributed by atoms with E-state index >= 15 is 0 Å². The molecule has 0 saturated heterocycles. The van der Waals surface area contributed by atoms with E-state index in [1.54, 1.807) is 42.5 Å². The van der Waals surface area contributed by atoms with Gasteiger partial charge in [-0.15, -0.1) is 0 Å². The maximum atomic E-state index is 12.2. The lowest BCUT2D eigenvalue weighted by atomic mass is 9.96. The number of rotatable bonds is 12. The molecular formula is C39H33ClN2O7. The zero-order valence-corrected chi connectivity index (χ0v) is 27.4. The van der Waals surface area contributed by atoms with Crippen LogP contribution < -0.4 is 24.3 Å². The Kier molecular flexibility index (Phi) is 10.2. The number of aliphatic carboxylic acids is 1. The number of halogens is 1. The van der Waals surface area contributed by atoms with E-state index in [1.165, 1.54) is 12.1 Å². The number of phenols is 1. The van der Waals surface area contributed by atoms with Gasteiger partial charge in [0.25, 0.3) is 0 Å². The summed E-state index contributed by atoms with van der Waals surface area (Å²) < 4.78 is 24.0. The highest BCUT2D eigenvalue weighted by Crippen LogP contribution is 2.38. The fourth-order valence-corrected chi connectivity index (χ4v) is 5.84. The second kappa shape index (κ2) is 15.0. The van der Waals surface area contributed by atoms with Gasteiger partial charge < -0.3 is 29.2 Å². The molecule has 1 aliphatic heterocycles. The minimum Gasteiger partial charge on any atom is -0.508 e. The summed E-state index contributed by atoms with van der Waals surface area (Å²) in [4.78, 5) is 12.2. The Bertz CT molecular complexity index is 2020. The Morgan fingerprint density at radius 3 is 2.43 bits per heavy atom. The van der Waals surface area contributed by atoms with Gasteiger partial charge in [-0.05, 0) is 82.8 Å². The first-order chi connectivity index (χ1) is 23.8. The summed E-state index contributed by atoms with van der Waals surface area (Å²) in [5, 5.41) is 32.3.